The number of amides is 2. The summed E-state index contributed by atoms with van der Waals surface area (Å²) in [6.07, 6.45) is 0.627. The maximum atomic E-state index is 14.5. The summed E-state index contributed by atoms with van der Waals surface area (Å²) in [4.78, 5) is 18.1. The Morgan fingerprint density at radius 2 is 1.36 bits per heavy atom. The molecule has 9 heteroatoms. The van der Waals surface area contributed by atoms with Crippen molar-refractivity contribution in [1.82, 2.24) is 9.80 Å². The van der Waals surface area contributed by atoms with Crippen molar-refractivity contribution in [2.24, 2.45) is 5.73 Å². The van der Waals surface area contributed by atoms with Crippen LogP contribution in [0.5, 0.6) is 5.75 Å². The fourth-order valence-electron chi connectivity index (χ4n) is 6.35. The van der Waals surface area contributed by atoms with Gasteiger partial charge in [-0.3, -0.25) is 5.41 Å². The summed E-state index contributed by atoms with van der Waals surface area (Å²) in [7, 11) is 0. The first-order valence-electron chi connectivity index (χ1n) is 18.9. The molecule has 5 aromatic carbocycles. The SMILES string of the molecule is CC.CC(C)(O)OC1CCN(Cc2ccc(N)c(C(=N)N)c2)C(=O)N(Cc2ccc(OCc3ccccc3)cc2)C1Cc1ccccc1.Cc1ccccc1. The summed E-state index contributed by atoms with van der Waals surface area (Å²) >= 11 is 0. The number of aliphatic hydroxyl groups is 1. The summed E-state index contributed by atoms with van der Waals surface area (Å²) in [5.41, 5.74) is 17.9. The normalized spacial score (nSPS) is 15.5. The van der Waals surface area contributed by atoms with E-state index in [9.17, 15) is 9.90 Å². The predicted molar refractivity (Wildman–Crippen MR) is 223 cm³/mol. The molecule has 6 N–H and O–H groups in total. The van der Waals surface area contributed by atoms with Crippen molar-refractivity contribution in [1.29, 1.82) is 5.41 Å². The van der Waals surface area contributed by atoms with Crippen LogP contribution in [0.1, 0.15) is 67.5 Å². The van der Waals surface area contributed by atoms with E-state index in [4.69, 9.17) is 26.4 Å². The van der Waals surface area contributed by atoms with Gasteiger partial charge in [0.2, 0.25) is 0 Å². The molecule has 2 atom stereocenters. The first kappa shape index (κ1) is 42.1. The van der Waals surface area contributed by atoms with Gasteiger partial charge in [0, 0.05) is 30.9 Å². The number of nitrogen functional groups attached to an aromatic ring is 2. The molecule has 0 saturated carbocycles. The number of nitrogens with zero attached hydrogens (tertiary/aromatic N) is 2. The Morgan fingerprint density at radius 1 is 0.800 bits per heavy atom. The molecule has 1 saturated heterocycles. The van der Waals surface area contributed by atoms with Gasteiger partial charge in [0.1, 0.15) is 18.2 Å². The van der Waals surface area contributed by atoms with Crippen molar-refractivity contribution < 1.29 is 19.4 Å². The molecule has 55 heavy (non-hydrogen) atoms. The molecule has 0 aromatic heterocycles. The quantitative estimate of drug-likeness (QED) is 0.0437. The largest absolute Gasteiger partial charge is 0.489 e. The molecule has 0 radical (unpaired) electrons. The third-order valence-corrected chi connectivity index (χ3v) is 9.00. The number of carbonyl (C=O) groups is 1. The predicted octanol–water partition coefficient (Wildman–Crippen LogP) is 8.71. The lowest BCUT2D eigenvalue weighted by Crippen LogP contribution is -2.51. The second kappa shape index (κ2) is 20.7. The van der Waals surface area contributed by atoms with Crippen LogP contribution in [0.25, 0.3) is 0 Å². The van der Waals surface area contributed by atoms with Gasteiger partial charge in [-0.15, -0.1) is 0 Å². The highest BCUT2D eigenvalue weighted by atomic mass is 16.6. The van der Waals surface area contributed by atoms with E-state index in [1.807, 2.05) is 128 Å². The van der Waals surface area contributed by atoms with Gasteiger partial charge in [0.15, 0.2) is 5.79 Å². The Labute approximate surface area is 327 Å². The third-order valence-electron chi connectivity index (χ3n) is 9.00. The molecule has 6 rings (SSSR count). The Kier molecular flexibility index (Phi) is 15.9. The van der Waals surface area contributed by atoms with E-state index in [1.54, 1.807) is 30.9 Å². The number of hydrogen-bond donors (Lipinski definition) is 4. The lowest BCUT2D eigenvalue weighted by atomic mass is 9.97. The van der Waals surface area contributed by atoms with Gasteiger partial charge in [-0.1, -0.05) is 129 Å². The zero-order valence-electron chi connectivity index (χ0n) is 32.8. The summed E-state index contributed by atoms with van der Waals surface area (Å²) in [6, 6.07) is 42.9. The van der Waals surface area contributed by atoms with Crippen LogP contribution < -0.4 is 16.2 Å². The standard InChI is InChI=1S/C37H43N5O4.C7H8.C2H6/c1-37(2,44)46-34-19-20-41(23-29-15-18-32(38)31(21-29)35(39)40)36(43)42(33(34)22-26-9-5-3-6-10-26)24-27-13-16-30(17-14-27)45-25-28-11-7-4-8-12-28;1-7-5-3-2-4-6-7;1-2/h3-18,21,33-34,44H,19-20,22-25,38H2,1-2H3,(H3,39,40);2-6H,1H3;1-2H3. The first-order chi connectivity index (χ1) is 26.4. The van der Waals surface area contributed by atoms with Crippen LogP contribution in [-0.4, -0.2) is 51.3 Å². The van der Waals surface area contributed by atoms with E-state index in [0.717, 1.165) is 28.0 Å². The maximum absolute atomic E-state index is 14.5. The van der Waals surface area contributed by atoms with Crippen LogP contribution in [0.3, 0.4) is 0 Å². The average Bonchev–Trinajstić information content (AvgIpc) is 3.29. The van der Waals surface area contributed by atoms with E-state index in [-0.39, 0.29) is 17.9 Å². The highest BCUT2D eigenvalue weighted by Crippen LogP contribution is 2.29. The monoisotopic (exact) mass is 743 g/mol. The lowest BCUT2D eigenvalue weighted by molar-refractivity contribution is -0.216. The number of amidine groups is 1. The first-order valence-corrected chi connectivity index (χ1v) is 18.9. The van der Waals surface area contributed by atoms with Gasteiger partial charge in [-0.25, -0.2) is 4.79 Å². The fraction of sp³-hybridized carbons (Fsp3) is 0.304. The van der Waals surface area contributed by atoms with Crippen molar-refractivity contribution in [2.45, 2.75) is 85.1 Å². The molecule has 0 bridgehead atoms. The maximum Gasteiger partial charge on any atom is 0.320 e. The second-order valence-electron chi connectivity index (χ2n) is 13.9. The highest BCUT2D eigenvalue weighted by molar-refractivity contribution is 6.00. The molecule has 9 nitrogen and oxygen atoms in total. The fourth-order valence-corrected chi connectivity index (χ4v) is 6.35. The molecular weight excluding hydrogens is 687 g/mol. The van der Waals surface area contributed by atoms with Crippen LogP contribution in [0.2, 0.25) is 0 Å². The van der Waals surface area contributed by atoms with E-state index in [0.29, 0.717) is 50.3 Å². The number of benzene rings is 5. The number of aryl methyl sites for hydroxylation is 1. The Morgan fingerprint density at radius 3 is 1.91 bits per heavy atom. The van der Waals surface area contributed by atoms with Gasteiger partial charge in [0.25, 0.3) is 0 Å². The van der Waals surface area contributed by atoms with Gasteiger partial charge in [-0.2, -0.15) is 0 Å². The van der Waals surface area contributed by atoms with Crippen molar-refractivity contribution in [2.75, 3.05) is 12.3 Å². The summed E-state index contributed by atoms with van der Waals surface area (Å²) in [5.74, 6) is -0.778. The molecule has 2 amide bonds. The Hall–Kier alpha value is -5.64. The number of rotatable bonds is 12. The number of nitrogens with two attached hydrogens (primary N) is 2. The molecular formula is C46H57N5O4. The molecule has 5 aromatic rings. The molecule has 1 heterocycles. The van der Waals surface area contributed by atoms with E-state index >= 15 is 0 Å². The average molecular weight is 744 g/mol. The number of carbonyl (C=O) groups excluding carboxylic acids is 1. The minimum absolute atomic E-state index is 0.124. The third kappa shape index (κ3) is 13.3. The van der Waals surface area contributed by atoms with Gasteiger partial charge in [0.05, 0.1) is 12.1 Å². The Bertz CT molecular complexity index is 1900. The summed E-state index contributed by atoms with van der Waals surface area (Å²) in [5, 5.41) is 18.7. The van der Waals surface area contributed by atoms with E-state index in [2.05, 4.69) is 19.1 Å². The number of urea groups is 1. The molecule has 0 aliphatic carbocycles. The van der Waals surface area contributed by atoms with Gasteiger partial charge < -0.3 is 35.8 Å². The molecule has 1 aliphatic rings. The lowest BCUT2D eigenvalue weighted by Gasteiger charge is -2.38. The van der Waals surface area contributed by atoms with Crippen molar-refractivity contribution >= 4 is 17.6 Å². The minimum atomic E-state index is -1.39. The molecule has 0 spiro atoms. The molecule has 290 valence electrons. The van der Waals surface area contributed by atoms with Crippen LogP contribution >= 0.6 is 0 Å². The van der Waals surface area contributed by atoms with Crippen LogP contribution in [0.15, 0.2) is 133 Å². The molecule has 1 aliphatic heterocycles. The van der Waals surface area contributed by atoms with Crippen molar-refractivity contribution in [3.63, 3.8) is 0 Å². The minimum Gasteiger partial charge on any atom is -0.489 e. The van der Waals surface area contributed by atoms with Gasteiger partial charge in [-0.05, 0) is 80.1 Å². The molecule has 1 fully saturated rings. The van der Waals surface area contributed by atoms with Crippen LogP contribution in [-0.2, 0) is 30.9 Å². The van der Waals surface area contributed by atoms with Gasteiger partial charge >= 0.3 is 6.03 Å². The highest BCUT2D eigenvalue weighted by Gasteiger charge is 2.40. The van der Waals surface area contributed by atoms with Crippen LogP contribution in [0.4, 0.5) is 10.5 Å². The summed E-state index contributed by atoms with van der Waals surface area (Å²) in [6.45, 7) is 10.8. The zero-order valence-corrected chi connectivity index (χ0v) is 32.8. The smallest absolute Gasteiger partial charge is 0.320 e. The number of nitrogens with one attached hydrogen (secondary N) is 1. The van der Waals surface area contributed by atoms with Crippen molar-refractivity contribution in [3.05, 3.63) is 167 Å². The van der Waals surface area contributed by atoms with Crippen molar-refractivity contribution in [3.8, 4) is 5.75 Å². The van der Waals surface area contributed by atoms with E-state index < -0.39 is 11.9 Å². The number of ether oxygens (including phenoxy) is 2. The number of anilines is 1. The molecule has 2 unspecified atom stereocenters. The Balaban J connectivity index is 0.000000664. The topological polar surface area (TPSA) is 138 Å². The zero-order chi connectivity index (χ0) is 39.8. The summed E-state index contributed by atoms with van der Waals surface area (Å²) < 4.78 is 12.3. The second-order valence-corrected chi connectivity index (χ2v) is 13.9. The van der Waals surface area contributed by atoms with E-state index in [1.165, 1.54) is 5.56 Å². The van der Waals surface area contributed by atoms with Crippen LogP contribution in [0, 0.1) is 12.3 Å². The number of hydrogen-bond acceptors (Lipinski definition) is 6.